The Morgan fingerprint density at radius 1 is 1.11 bits per heavy atom. The monoisotopic (exact) mass is 383 g/mol. The molecule has 3 rings (SSSR count). The van der Waals surface area contributed by atoms with Gasteiger partial charge in [0, 0.05) is 29.6 Å². The zero-order valence-corrected chi connectivity index (χ0v) is 16.4. The second-order valence-electron chi connectivity index (χ2n) is 6.96. The molecule has 0 aromatic heterocycles. The molecule has 0 fully saturated rings. The highest BCUT2D eigenvalue weighted by atomic mass is 32.2. The molecule has 0 saturated heterocycles. The number of para-hydroxylation sites is 2. The summed E-state index contributed by atoms with van der Waals surface area (Å²) in [6.45, 7) is 4.75. The number of thioether (sulfide) groups is 1. The summed E-state index contributed by atoms with van der Waals surface area (Å²) in [5, 5.41) is 8.92. The Labute approximate surface area is 164 Å². The molecule has 142 valence electrons. The maximum Gasteiger partial charge on any atom is 0.238 e. The summed E-state index contributed by atoms with van der Waals surface area (Å²) in [5.74, 6) is 0.129. The van der Waals surface area contributed by atoms with Crippen LogP contribution in [0.5, 0.6) is 0 Å². The molecule has 1 heterocycles. The van der Waals surface area contributed by atoms with Gasteiger partial charge in [0.1, 0.15) is 0 Å². The Morgan fingerprint density at radius 2 is 1.81 bits per heavy atom. The van der Waals surface area contributed by atoms with Crippen LogP contribution < -0.4 is 16.0 Å². The molecule has 1 aliphatic heterocycles. The molecule has 2 aromatic rings. The number of carbonyl (C=O) groups is 2. The summed E-state index contributed by atoms with van der Waals surface area (Å²) in [5.41, 5.74) is 1.85. The van der Waals surface area contributed by atoms with E-state index in [1.54, 1.807) is 0 Å². The fourth-order valence-corrected chi connectivity index (χ4v) is 4.00. The zero-order chi connectivity index (χ0) is 19.2. The third-order valence-corrected chi connectivity index (χ3v) is 5.80. The number of nitrogens with one attached hydrogen (secondary N) is 3. The van der Waals surface area contributed by atoms with Crippen LogP contribution in [0.3, 0.4) is 0 Å². The molecule has 27 heavy (non-hydrogen) atoms. The van der Waals surface area contributed by atoms with E-state index in [0.717, 1.165) is 16.3 Å². The van der Waals surface area contributed by atoms with Gasteiger partial charge in [0.2, 0.25) is 11.8 Å². The Bertz CT molecular complexity index is 795. The van der Waals surface area contributed by atoms with Gasteiger partial charge in [-0.3, -0.25) is 9.59 Å². The van der Waals surface area contributed by atoms with E-state index in [1.165, 1.54) is 11.8 Å². The molecule has 2 atom stereocenters. The SMILES string of the molecule is CC(C)C(CNC(=O)CC1Sc2ccccc2NC1=O)Nc1ccccc1. The lowest BCUT2D eigenvalue weighted by molar-refractivity contribution is -0.124. The van der Waals surface area contributed by atoms with Crippen LogP contribution in [0.4, 0.5) is 11.4 Å². The number of rotatable bonds is 7. The Morgan fingerprint density at radius 3 is 2.56 bits per heavy atom. The molecular formula is C21H25N3O2S. The first-order chi connectivity index (χ1) is 13.0. The fourth-order valence-electron chi connectivity index (χ4n) is 2.89. The van der Waals surface area contributed by atoms with E-state index in [-0.39, 0.29) is 24.3 Å². The molecule has 0 saturated carbocycles. The van der Waals surface area contributed by atoms with Crippen molar-refractivity contribution in [3.8, 4) is 0 Å². The van der Waals surface area contributed by atoms with Gasteiger partial charge in [-0.2, -0.15) is 0 Å². The van der Waals surface area contributed by atoms with Crippen LogP contribution in [0.1, 0.15) is 20.3 Å². The van der Waals surface area contributed by atoms with Crippen LogP contribution in [-0.4, -0.2) is 29.7 Å². The molecule has 5 nitrogen and oxygen atoms in total. The van der Waals surface area contributed by atoms with E-state index >= 15 is 0 Å². The molecule has 0 spiro atoms. The van der Waals surface area contributed by atoms with Crippen LogP contribution in [-0.2, 0) is 9.59 Å². The van der Waals surface area contributed by atoms with Gasteiger partial charge < -0.3 is 16.0 Å². The largest absolute Gasteiger partial charge is 0.380 e. The van der Waals surface area contributed by atoms with Gasteiger partial charge in [0.25, 0.3) is 0 Å². The second kappa shape index (κ2) is 8.95. The molecule has 6 heteroatoms. The van der Waals surface area contributed by atoms with Crippen LogP contribution in [0, 0.1) is 5.92 Å². The lowest BCUT2D eigenvalue weighted by atomic mass is 10.0. The number of hydrogen-bond donors (Lipinski definition) is 3. The van der Waals surface area contributed by atoms with Crippen LogP contribution in [0.2, 0.25) is 0 Å². The van der Waals surface area contributed by atoms with Crippen LogP contribution in [0.25, 0.3) is 0 Å². The molecular weight excluding hydrogens is 358 g/mol. The van der Waals surface area contributed by atoms with E-state index in [1.807, 2.05) is 54.6 Å². The minimum atomic E-state index is -0.403. The van der Waals surface area contributed by atoms with Gasteiger partial charge in [-0.15, -0.1) is 11.8 Å². The van der Waals surface area contributed by atoms with Gasteiger partial charge in [-0.1, -0.05) is 44.2 Å². The Hall–Kier alpha value is -2.47. The lowest BCUT2D eigenvalue weighted by Crippen LogP contribution is -2.41. The summed E-state index contributed by atoms with van der Waals surface area (Å²) in [6.07, 6.45) is 0.168. The number of carbonyl (C=O) groups excluding carboxylic acids is 2. The van der Waals surface area contributed by atoms with Crippen molar-refractivity contribution in [2.45, 2.75) is 36.5 Å². The number of benzene rings is 2. The molecule has 0 aliphatic carbocycles. The standard InChI is InChI=1S/C21H25N3O2S/c1-14(2)17(23-15-8-4-3-5-9-15)13-22-20(25)12-19-21(26)24-16-10-6-7-11-18(16)27-19/h3-11,14,17,19,23H,12-13H2,1-2H3,(H,22,25)(H,24,26). The Kier molecular flexibility index (Phi) is 6.40. The molecule has 0 radical (unpaired) electrons. The summed E-state index contributed by atoms with van der Waals surface area (Å²) >= 11 is 1.45. The normalized spacial score (nSPS) is 17.0. The highest BCUT2D eigenvalue weighted by Crippen LogP contribution is 2.36. The number of amides is 2. The first kappa shape index (κ1) is 19.3. The van der Waals surface area contributed by atoms with Crippen molar-refractivity contribution in [2.75, 3.05) is 17.2 Å². The summed E-state index contributed by atoms with van der Waals surface area (Å²) < 4.78 is 0. The summed E-state index contributed by atoms with van der Waals surface area (Å²) in [7, 11) is 0. The molecule has 3 N–H and O–H groups in total. The van der Waals surface area contributed by atoms with Crippen molar-refractivity contribution in [3.63, 3.8) is 0 Å². The van der Waals surface area contributed by atoms with Crippen molar-refractivity contribution in [1.29, 1.82) is 0 Å². The highest BCUT2D eigenvalue weighted by molar-refractivity contribution is 8.01. The van der Waals surface area contributed by atoms with Gasteiger partial charge in [0.05, 0.1) is 10.9 Å². The maximum atomic E-state index is 12.4. The minimum Gasteiger partial charge on any atom is -0.380 e. The number of anilines is 2. The van der Waals surface area contributed by atoms with Gasteiger partial charge in [-0.25, -0.2) is 0 Å². The van der Waals surface area contributed by atoms with Crippen LogP contribution >= 0.6 is 11.8 Å². The van der Waals surface area contributed by atoms with Crippen molar-refractivity contribution in [1.82, 2.24) is 5.32 Å². The smallest absolute Gasteiger partial charge is 0.238 e. The van der Waals surface area contributed by atoms with E-state index in [0.29, 0.717) is 12.5 Å². The summed E-state index contributed by atoms with van der Waals surface area (Å²) in [6, 6.07) is 17.7. The molecule has 0 bridgehead atoms. The lowest BCUT2D eigenvalue weighted by Gasteiger charge is -2.26. The molecule has 1 aliphatic rings. The molecule has 2 aromatic carbocycles. The van der Waals surface area contributed by atoms with E-state index in [4.69, 9.17) is 0 Å². The van der Waals surface area contributed by atoms with Crippen molar-refractivity contribution in [2.24, 2.45) is 5.92 Å². The fraction of sp³-hybridized carbons (Fsp3) is 0.333. The third kappa shape index (κ3) is 5.26. The predicted octanol–water partition coefficient (Wildman–Crippen LogP) is 3.74. The van der Waals surface area contributed by atoms with Crippen LogP contribution in [0.15, 0.2) is 59.5 Å². The number of fused-ring (bicyclic) bond motifs is 1. The van der Waals surface area contributed by atoms with Crippen molar-refractivity contribution in [3.05, 3.63) is 54.6 Å². The van der Waals surface area contributed by atoms with E-state index < -0.39 is 5.25 Å². The highest BCUT2D eigenvalue weighted by Gasteiger charge is 2.29. The first-order valence-corrected chi connectivity index (χ1v) is 10.1. The molecule has 2 amide bonds. The van der Waals surface area contributed by atoms with Gasteiger partial charge in [0.15, 0.2) is 0 Å². The molecule has 2 unspecified atom stereocenters. The van der Waals surface area contributed by atoms with Gasteiger partial charge >= 0.3 is 0 Å². The third-order valence-electron chi connectivity index (χ3n) is 4.53. The first-order valence-electron chi connectivity index (χ1n) is 9.18. The summed E-state index contributed by atoms with van der Waals surface area (Å²) in [4.78, 5) is 25.7. The van der Waals surface area contributed by atoms with Gasteiger partial charge in [-0.05, 0) is 30.2 Å². The van der Waals surface area contributed by atoms with E-state index in [9.17, 15) is 9.59 Å². The predicted molar refractivity (Wildman–Crippen MR) is 111 cm³/mol. The zero-order valence-electron chi connectivity index (χ0n) is 15.6. The average Bonchev–Trinajstić information content (AvgIpc) is 2.66. The topological polar surface area (TPSA) is 70.2 Å². The van der Waals surface area contributed by atoms with Crippen molar-refractivity contribution >= 4 is 35.0 Å². The number of hydrogen-bond acceptors (Lipinski definition) is 4. The quantitative estimate of drug-likeness (QED) is 0.681. The Balaban J connectivity index is 1.53. The average molecular weight is 384 g/mol. The van der Waals surface area contributed by atoms with E-state index in [2.05, 4.69) is 29.8 Å². The van der Waals surface area contributed by atoms with Crippen molar-refractivity contribution < 1.29 is 9.59 Å². The minimum absolute atomic E-state index is 0.109. The maximum absolute atomic E-state index is 12.4. The second-order valence-corrected chi connectivity index (χ2v) is 8.21.